The van der Waals surface area contributed by atoms with E-state index in [4.69, 9.17) is 5.73 Å². The summed E-state index contributed by atoms with van der Waals surface area (Å²) in [4.78, 5) is 0. The van der Waals surface area contributed by atoms with Gasteiger partial charge in [0.1, 0.15) is 12.2 Å². The largest absolute Gasteiger partial charge is 0.330 e. The molecule has 0 fully saturated rings. The van der Waals surface area contributed by atoms with Crippen molar-refractivity contribution < 1.29 is 0 Å². The van der Waals surface area contributed by atoms with Gasteiger partial charge >= 0.3 is 0 Å². The van der Waals surface area contributed by atoms with Crippen LogP contribution in [0.3, 0.4) is 0 Å². The Balaban J connectivity index is 2.90. The molecule has 2 N–H and O–H groups in total. The van der Waals surface area contributed by atoms with Crippen molar-refractivity contribution in [2.24, 2.45) is 11.7 Å². The van der Waals surface area contributed by atoms with E-state index in [2.05, 4.69) is 35.5 Å². The van der Waals surface area contributed by atoms with Crippen molar-refractivity contribution in [2.45, 2.75) is 33.2 Å². The number of aryl methyl sites for hydroxylation is 1. The lowest BCUT2D eigenvalue weighted by Crippen LogP contribution is -2.21. The molecule has 74 valence electrons. The van der Waals surface area contributed by atoms with Crippen LogP contribution in [0.25, 0.3) is 0 Å². The summed E-state index contributed by atoms with van der Waals surface area (Å²) in [6.45, 7) is 7.95. The summed E-state index contributed by atoms with van der Waals surface area (Å²) >= 11 is 0. The molecule has 0 bridgehead atoms. The van der Waals surface area contributed by atoms with Crippen LogP contribution in [0.4, 0.5) is 0 Å². The third-order valence-electron chi connectivity index (χ3n) is 2.38. The number of nitrogens with two attached hydrogens (primary N) is 1. The Morgan fingerprint density at radius 3 is 2.69 bits per heavy atom. The number of rotatable bonds is 4. The van der Waals surface area contributed by atoms with E-state index in [1.54, 1.807) is 6.33 Å². The predicted molar refractivity (Wildman–Crippen MR) is 52.3 cm³/mol. The summed E-state index contributed by atoms with van der Waals surface area (Å²) in [6, 6.07) is 0. The lowest BCUT2D eigenvalue weighted by Gasteiger charge is -2.18. The van der Waals surface area contributed by atoms with Gasteiger partial charge in [-0.25, -0.2) is 0 Å². The highest BCUT2D eigenvalue weighted by Gasteiger charge is 2.19. The number of hydrogen-bond acceptors (Lipinski definition) is 3. The first-order valence-corrected chi connectivity index (χ1v) is 4.78. The molecule has 4 heteroatoms. The second-order valence-electron chi connectivity index (χ2n) is 3.56. The fraction of sp³-hybridized carbons (Fsp3) is 0.778. The summed E-state index contributed by atoms with van der Waals surface area (Å²) in [5, 5.41) is 8.01. The molecule has 1 atom stereocenters. The average molecular weight is 182 g/mol. The Labute approximate surface area is 79.2 Å². The van der Waals surface area contributed by atoms with Crippen LogP contribution in [0.5, 0.6) is 0 Å². The van der Waals surface area contributed by atoms with Crippen LogP contribution < -0.4 is 5.73 Å². The third kappa shape index (κ3) is 2.06. The summed E-state index contributed by atoms with van der Waals surface area (Å²) in [6.07, 6.45) is 1.76. The van der Waals surface area contributed by atoms with Crippen molar-refractivity contribution in [1.29, 1.82) is 0 Å². The third-order valence-corrected chi connectivity index (χ3v) is 2.38. The first-order valence-electron chi connectivity index (χ1n) is 4.78. The number of nitrogens with zero attached hydrogens (tertiary/aromatic N) is 3. The molecule has 0 saturated carbocycles. The molecule has 4 nitrogen and oxygen atoms in total. The summed E-state index contributed by atoms with van der Waals surface area (Å²) in [5.74, 6) is 1.85. The molecule has 0 amide bonds. The molecule has 1 unspecified atom stereocenters. The van der Waals surface area contributed by atoms with E-state index in [1.807, 2.05) is 0 Å². The molecule has 1 aromatic heterocycles. The van der Waals surface area contributed by atoms with E-state index in [0.717, 1.165) is 12.4 Å². The second-order valence-corrected chi connectivity index (χ2v) is 3.56. The Hall–Kier alpha value is -0.900. The van der Waals surface area contributed by atoms with Crippen molar-refractivity contribution in [3.63, 3.8) is 0 Å². The van der Waals surface area contributed by atoms with Crippen LogP contribution in [-0.4, -0.2) is 21.3 Å². The first-order chi connectivity index (χ1) is 6.20. The van der Waals surface area contributed by atoms with Gasteiger partial charge in [0.15, 0.2) is 0 Å². The van der Waals surface area contributed by atoms with Gasteiger partial charge in [0.2, 0.25) is 0 Å². The Morgan fingerprint density at radius 1 is 1.54 bits per heavy atom. The van der Waals surface area contributed by atoms with E-state index in [0.29, 0.717) is 18.4 Å². The van der Waals surface area contributed by atoms with Crippen molar-refractivity contribution in [1.82, 2.24) is 14.8 Å². The zero-order valence-electron chi connectivity index (χ0n) is 8.57. The smallest absolute Gasteiger partial charge is 0.137 e. The molecule has 0 aromatic carbocycles. The van der Waals surface area contributed by atoms with Gasteiger partial charge in [-0.15, -0.1) is 10.2 Å². The fourth-order valence-electron chi connectivity index (χ4n) is 1.47. The molecule has 0 radical (unpaired) electrons. The maximum atomic E-state index is 5.71. The van der Waals surface area contributed by atoms with Gasteiger partial charge in [-0.1, -0.05) is 13.8 Å². The van der Waals surface area contributed by atoms with Crippen LogP contribution in [0, 0.1) is 5.92 Å². The highest BCUT2D eigenvalue weighted by Crippen LogP contribution is 2.20. The van der Waals surface area contributed by atoms with E-state index >= 15 is 0 Å². The standard InChI is InChI=1S/C9H18N4/c1-4-13-6-11-12-9(13)8(5-10)7(2)3/h6-8H,4-5,10H2,1-3H3. The molecule has 1 heterocycles. The molecule has 0 saturated heterocycles. The van der Waals surface area contributed by atoms with Crippen LogP contribution in [-0.2, 0) is 6.54 Å². The SMILES string of the molecule is CCn1cnnc1C(CN)C(C)C. The normalized spacial score (nSPS) is 13.6. The van der Waals surface area contributed by atoms with Crippen LogP contribution in [0.2, 0.25) is 0 Å². The van der Waals surface area contributed by atoms with Gasteiger partial charge in [-0.05, 0) is 12.8 Å². The maximum absolute atomic E-state index is 5.71. The molecule has 0 aliphatic heterocycles. The number of hydrogen-bond donors (Lipinski definition) is 1. The number of aromatic nitrogens is 3. The maximum Gasteiger partial charge on any atom is 0.137 e. The predicted octanol–water partition coefficient (Wildman–Crippen LogP) is 0.996. The quantitative estimate of drug-likeness (QED) is 0.755. The molecule has 0 spiro atoms. The minimum Gasteiger partial charge on any atom is -0.330 e. The summed E-state index contributed by atoms with van der Waals surface area (Å²) < 4.78 is 2.05. The van der Waals surface area contributed by atoms with E-state index in [-0.39, 0.29) is 0 Å². The Morgan fingerprint density at radius 2 is 2.23 bits per heavy atom. The zero-order chi connectivity index (χ0) is 9.84. The topological polar surface area (TPSA) is 56.7 Å². The monoisotopic (exact) mass is 182 g/mol. The minimum atomic E-state index is 0.322. The highest BCUT2D eigenvalue weighted by atomic mass is 15.3. The van der Waals surface area contributed by atoms with Crippen molar-refractivity contribution >= 4 is 0 Å². The summed E-state index contributed by atoms with van der Waals surface area (Å²) in [7, 11) is 0. The molecule has 1 aromatic rings. The van der Waals surface area contributed by atoms with Gasteiger partial charge in [0.25, 0.3) is 0 Å². The zero-order valence-corrected chi connectivity index (χ0v) is 8.57. The Kier molecular flexibility index (Phi) is 3.42. The molecular formula is C9H18N4. The Bertz CT molecular complexity index is 254. The van der Waals surface area contributed by atoms with Gasteiger partial charge in [0, 0.05) is 19.0 Å². The first kappa shape index (κ1) is 10.2. The van der Waals surface area contributed by atoms with Crippen molar-refractivity contribution in [2.75, 3.05) is 6.54 Å². The van der Waals surface area contributed by atoms with Gasteiger partial charge in [-0.2, -0.15) is 0 Å². The van der Waals surface area contributed by atoms with E-state index in [1.165, 1.54) is 0 Å². The average Bonchev–Trinajstić information content (AvgIpc) is 2.53. The second kappa shape index (κ2) is 4.37. The van der Waals surface area contributed by atoms with E-state index < -0.39 is 0 Å². The van der Waals surface area contributed by atoms with Crippen LogP contribution in [0.15, 0.2) is 6.33 Å². The lowest BCUT2D eigenvalue weighted by atomic mass is 9.95. The highest BCUT2D eigenvalue weighted by molar-refractivity contribution is 4.98. The molecule has 1 rings (SSSR count). The minimum absolute atomic E-state index is 0.322. The van der Waals surface area contributed by atoms with Gasteiger partial charge in [-0.3, -0.25) is 0 Å². The molecule has 0 aliphatic carbocycles. The van der Waals surface area contributed by atoms with Gasteiger partial charge in [0.05, 0.1) is 0 Å². The summed E-state index contributed by atoms with van der Waals surface area (Å²) in [5.41, 5.74) is 5.71. The van der Waals surface area contributed by atoms with E-state index in [9.17, 15) is 0 Å². The molecular weight excluding hydrogens is 164 g/mol. The molecule has 0 aliphatic rings. The van der Waals surface area contributed by atoms with Crippen molar-refractivity contribution in [3.8, 4) is 0 Å². The van der Waals surface area contributed by atoms with Gasteiger partial charge < -0.3 is 10.3 Å². The van der Waals surface area contributed by atoms with Crippen LogP contribution >= 0.6 is 0 Å². The van der Waals surface area contributed by atoms with Crippen LogP contribution in [0.1, 0.15) is 32.5 Å². The molecule has 13 heavy (non-hydrogen) atoms. The fourth-order valence-corrected chi connectivity index (χ4v) is 1.47. The van der Waals surface area contributed by atoms with Crippen molar-refractivity contribution in [3.05, 3.63) is 12.2 Å². The lowest BCUT2D eigenvalue weighted by molar-refractivity contribution is 0.463.